The number of ether oxygens (including phenoxy) is 2. The van der Waals surface area contributed by atoms with Crippen molar-refractivity contribution in [2.45, 2.75) is 12.7 Å². The van der Waals surface area contributed by atoms with Gasteiger partial charge in [0.15, 0.2) is 0 Å². The second-order valence-electron chi connectivity index (χ2n) is 4.79. The molecule has 1 aromatic rings. The van der Waals surface area contributed by atoms with Gasteiger partial charge in [-0.1, -0.05) is 30.3 Å². The molecule has 0 radical (unpaired) electrons. The van der Waals surface area contributed by atoms with Crippen molar-refractivity contribution < 1.29 is 14.3 Å². The predicted molar refractivity (Wildman–Crippen MR) is 75.6 cm³/mol. The van der Waals surface area contributed by atoms with Crippen LogP contribution < -0.4 is 0 Å². The fraction of sp³-hybridized carbons (Fsp3) is 0.312. The standard InChI is InChI=1S/C16H17NO3/c1-2-17-10-11-19-16(15(17)18)9-8-14(20-16)12-13-6-4-3-5-7-13/h3-9,12H,2,10-11H2,1H3/b14-12+. The van der Waals surface area contributed by atoms with Crippen LogP contribution in [-0.4, -0.2) is 36.3 Å². The van der Waals surface area contributed by atoms with Crippen molar-refractivity contribution in [1.29, 1.82) is 0 Å². The molecule has 1 atom stereocenters. The Kier molecular flexibility index (Phi) is 3.32. The zero-order valence-corrected chi connectivity index (χ0v) is 11.4. The van der Waals surface area contributed by atoms with Gasteiger partial charge in [-0.3, -0.25) is 4.79 Å². The number of allylic oxidation sites excluding steroid dienone is 1. The topological polar surface area (TPSA) is 38.8 Å². The number of amides is 1. The van der Waals surface area contributed by atoms with Gasteiger partial charge in [0.25, 0.3) is 5.91 Å². The molecule has 4 heteroatoms. The molecule has 0 aliphatic carbocycles. The number of benzene rings is 1. The maximum Gasteiger partial charge on any atom is 0.311 e. The molecule has 20 heavy (non-hydrogen) atoms. The Labute approximate surface area is 118 Å². The third kappa shape index (κ3) is 2.23. The van der Waals surface area contributed by atoms with Crippen molar-refractivity contribution in [1.82, 2.24) is 4.90 Å². The highest BCUT2D eigenvalue weighted by Crippen LogP contribution is 2.32. The molecule has 0 bridgehead atoms. The van der Waals surface area contributed by atoms with E-state index in [-0.39, 0.29) is 5.91 Å². The molecule has 3 rings (SSSR count). The van der Waals surface area contributed by atoms with Gasteiger partial charge in [0.1, 0.15) is 5.76 Å². The molecule has 1 unspecified atom stereocenters. The number of morpholine rings is 1. The molecule has 1 amide bonds. The molecule has 0 saturated carbocycles. The first-order valence-electron chi connectivity index (χ1n) is 6.82. The molecule has 1 fully saturated rings. The van der Waals surface area contributed by atoms with Crippen LogP contribution in [0.15, 0.2) is 48.2 Å². The van der Waals surface area contributed by atoms with E-state index in [1.54, 1.807) is 17.1 Å². The molecule has 2 heterocycles. The monoisotopic (exact) mass is 271 g/mol. The van der Waals surface area contributed by atoms with E-state index in [1.807, 2.05) is 43.3 Å². The third-order valence-electron chi connectivity index (χ3n) is 3.49. The van der Waals surface area contributed by atoms with Crippen LogP contribution in [0, 0.1) is 0 Å². The summed E-state index contributed by atoms with van der Waals surface area (Å²) in [6.07, 6.45) is 5.39. The van der Waals surface area contributed by atoms with Crippen LogP contribution >= 0.6 is 0 Å². The van der Waals surface area contributed by atoms with E-state index in [0.29, 0.717) is 25.5 Å². The Morgan fingerprint density at radius 1 is 1.35 bits per heavy atom. The maximum atomic E-state index is 12.4. The van der Waals surface area contributed by atoms with Crippen LogP contribution in [0.1, 0.15) is 12.5 Å². The van der Waals surface area contributed by atoms with Crippen LogP contribution in [0.2, 0.25) is 0 Å². The van der Waals surface area contributed by atoms with Gasteiger partial charge in [0, 0.05) is 19.2 Å². The van der Waals surface area contributed by atoms with Crippen molar-refractivity contribution in [3.8, 4) is 0 Å². The van der Waals surface area contributed by atoms with Crippen molar-refractivity contribution in [2.75, 3.05) is 19.7 Å². The van der Waals surface area contributed by atoms with Gasteiger partial charge in [-0.15, -0.1) is 0 Å². The summed E-state index contributed by atoms with van der Waals surface area (Å²) in [5.74, 6) is -0.740. The smallest absolute Gasteiger partial charge is 0.311 e. The van der Waals surface area contributed by atoms with Gasteiger partial charge < -0.3 is 14.4 Å². The summed E-state index contributed by atoms with van der Waals surface area (Å²) in [5.41, 5.74) is 1.03. The van der Waals surface area contributed by atoms with E-state index in [4.69, 9.17) is 9.47 Å². The van der Waals surface area contributed by atoms with Gasteiger partial charge in [-0.2, -0.15) is 0 Å². The van der Waals surface area contributed by atoms with Gasteiger partial charge in [0.05, 0.1) is 6.61 Å². The molecule has 0 N–H and O–H groups in total. The van der Waals surface area contributed by atoms with E-state index >= 15 is 0 Å². The normalized spacial score (nSPS) is 27.4. The number of likely N-dealkylation sites (N-methyl/N-ethyl adjacent to an activating group) is 1. The average molecular weight is 271 g/mol. The zero-order chi connectivity index (χ0) is 14.0. The molecule has 2 aliphatic heterocycles. The molecule has 2 aliphatic rings. The Balaban J connectivity index is 1.81. The molecule has 1 spiro atoms. The molecular formula is C16H17NO3. The zero-order valence-electron chi connectivity index (χ0n) is 11.4. The van der Waals surface area contributed by atoms with Gasteiger partial charge >= 0.3 is 5.79 Å². The Morgan fingerprint density at radius 2 is 2.15 bits per heavy atom. The Morgan fingerprint density at radius 3 is 2.90 bits per heavy atom. The number of hydrogen-bond acceptors (Lipinski definition) is 3. The summed E-state index contributed by atoms with van der Waals surface area (Å²) in [5, 5.41) is 0. The highest BCUT2D eigenvalue weighted by Gasteiger charge is 2.48. The van der Waals surface area contributed by atoms with Crippen LogP contribution in [0.5, 0.6) is 0 Å². The minimum absolute atomic E-state index is 0.126. The first-order chi connectivity index (χ1) is 9.73. The Hall–Kier alpha value is -2.07. The summed E-state index contributed by atoms with van der Waals surface area (Å²) in [4.78, 5) is 14.1. The molecule has 104 valence electrons. The lowest BCUT2D eigenvalue weighted by atomic mass is 10.2. The van der Waals surface area contributed by atoms with Crippen LogP contribution in [0.3, 0.4) is 0 Å². The average Bonchev–Trinajstić information content (AvgIpc) is 2.87. The highest BCUT2D eigenvalue weighted by atomic mass is 16.7. The first-order valence-corrected chi connectivity index (χ1v) is 6.82. The largest absolute Gasteiger partial charge is 0.450 e. The predicted octanol–water partition coefficient (Wildman–Crippen LogP) is 2.19. The molecule has 1 aromatic carbocycles. The van der Waals surface area contributed by atoms with Crippen molar-refractivity contribution >= 4 is 12.0 Å². The number of nitrogens with zero attached hydrogens (tertiary/aromatic N) is 1. The number of carbonyl (C=O) groups is 1. The van der Waals surface area contributed by atoms with E-state index in [1.165, 1.54) is 0 Å². The maximum absolute atomic E-state index is 12.4. The number of carbonyl (C=O) groups excluding carboxylic acids is 1. The summed E-state index contributed by atoms with van der Waals surface area (Å²) in [7, 11) is 0. The van der Waals surface area contributed by atoms with E-state index in [9.17, 15) is 4.79 Å². The quantitative estimate of drug-likeness (QED) is 0.827. The summed E-state index contributed by atoms with van der Waals surface area (Å²) >= 11 is 0. The minimum Gasteiger partial charge on any atom is -0.450 e. The lowest BCUT2D eigenvalue weighted by Crippen LogP contribution is -2.55. The summed E-state index contributed by atoms with van der Waals surface area (Å²) < 4.78 is 11.4. The van der Waals surface area contributed by atoms with Crippen molar-refractivity contribution in [3.63, 3.8) is 0 Å². The Bertz CT molecular complexity index is 564. The molecule has 4 nitrogen and oxygen atoms in total. The SMILES string of the molecule is CCN1CCOC2(C=C/C(=C\c3ccccc3)O2)C1=O. The van der Waals surface area contributed by atoms with E-state index in [2.05, 4.69) is 0 Å². The van der Waals surface area contributed by atoms with Gasteiger partial charge in [-0.05, 0) is 24.6 Å². The third-order valence-corrected chi connectivity index (χ3v) is 3.49. The second kappa shape index (κ2) is 5.13. The fourth-order valence-electron chi connectivity index (χ4n) is 2.41. The van der Waals surface area contributed by atoms with E-state index < -0.39 is 5.79 Å². The lowest BCUT2D eigenvalue weighted by molar-refractivity contribution is -0.213. The summed E-state index contributed by atoms with van der Waals surface area (Å²) in [6, 6.07) is 9.85. The van der Waals surface area contributed by atoms with Crippen molar-refractivity contribution in [3.05, 3.63) is 53.8 Å². The van der Waals surface area contributed by atoms with E-state index in [0.717, 1.165) is 5.56 Å². The van der Waals surface area contributed by atoms with Crippen molar-refractivity contribution in [2.24, 2.45) is 0 Å². The van der Waals surface area contributed by atoms with Gasteiger partial charge in [-0.25, -0.2) is 0 Å². The molecule has 0 aromatic heterocycles. The van der Waals surface area contributed by atoms with Crippen LogP contribution in [0.25, 0.3) is 6.08 Å². The van der Waals surface area contributed by atoms with Crippen LogP contribution in [0.4, 0.5) is 0 Å². The fourth-order valence-corrected chi connectivity index (χ4v) is 2.41. The van der Waals surface area contributed by atoms with Crippen LogP contribution in [-0.2, 0) is 14.3 Å². The minimum atomic E-state index is -1.26. The lowest BCUT2D eigenvalue weighted by Gasteiger charge is -2.36. The first kappa shape index (κ1) is 12.9. The molecular weight excluding hydrogens is 254 g/mol. The number of hydrogen-bond donors (Lipinski definition) is 0. The number of rotatable bonds is 2. The second-order valence-corrected chi connectivity index (χ2v) is 4.79. The van der Waals surface area contributed by atoms with Gasteiger partial charge in [0.2, 0.25) is 0 Å². The molecule has 1 saturated heterocycles. The summed E-state index contributed by atoms with van der Waals surface area (Å²) in [6.45, 7) is 3.73. The highest BCUT2D eigenvalue weighted by molar-refractivity contribution is 5.87.